The highest BCUT2D eigenvalue weighted by molar-refractivity contribution is 6.05. The Bertz CT molecular complexity index is 1810. The van der Waals surface area contributed by atoms with Crippen LogP contribution in [-0.2, 0) is 24.4 Å². The Morgan fingerprint density at radius 2 is 2.00 bits per heavy atom. The molecule has 0 bridgehead atoms. The van der Waals surface area contributed by atoms with Crippen molar-refractivity contribution in [2.75, 3.05) is 17.7 Å². The molecule has 1 unspecified atom stereocenters. The maximum absolute atomic E-state index is 15.5. The number of hydrogen-bond donors (Lipinski definition) is 3. The Morgan fingerprint density at radius 1 is 1.20 bits per heavy atom. The molecule has 0 saturated carbocycles. The normalized spacial score (nSPS) is 13.8. The topological polar surface area (TPSA) is 142 Å². The number of benzene rings is 2. The van der Waals surface area contributed by atoms with E-state index in [4.69, 9.17) is 10.5 Å². The van der Waals surface area contributed by atoms with E-state index in [1.165, 1.54) is 23.1 Å². The number of carbonyl (C=O) groups is 1. The molecule has 5 aromatic rings. The van der Waals surface area contributed by atoms with Crippen molar-refractivity contribution in [3.63, 3.8) is 0 Å². The maximum atomic E-state index is 15.5. The average Bonchev–Trinajstić information content (AvgIpc) is 3.44. The number of amides is 1. The van der Waals surface area contributed by atoms with Crippen molar-refractivity contribution in [1.82, 2.24) is 23.9 Å². The van der Waals surface area contributed by atoms with E-state index >= 15 is 4.39 Å². The van der Waals surface area contributed by atoms with Gasteiger partial charge in [0, 0.05) is 29.6 Å². The molecule has 0 aliphatic carbocycles. The summed E-state index contributed by atoms with van der Waals surface area (Å²) in [5, 5.41) is 13.0. The number of nitrogens with two attached hydrogens (primary N) is 1. The zero-order valence-corrected chi connectivity index (χ0v) is 21.5. The number of hydrogen-bond acceptors (Lipinski definition) is 7. The van der Waals surface area contributed by atoms with E-state index in [-0.39, 0.29) is 35.8 Å². The number of aliphatic hydroxyl groups is 1. The third-order valence-electron chi connectivity index (χ3n) is 6.82. The van der Waals surface area contributed by atoms with Crippen LogP contribution in [0.1, 0.15) is 23.0 Å². The minimum atomic E-state index is -0.668. The van der Waals surface area contributed by atoms with Crippen LogP contribution >= 0.6 is 0 Å². The van der Waals surface area contributed by atoms with Gasteiger partial charge in [-0.15, -0.1) is 0 Å². The molecule has 0 spiro atoms. The molecular formula is C28H26FN7O4. The minimum absolute atomic E-state index is 0.0563. The summed E-state index contributed by atoms with van der Waals surface area (Å²) in [6, 6.07) is 13.3. The van der Waals surface area contributed by atoms with E-state index in [0.717, 1.165) is 0 Å². The fraction of sp³-hybridized carbons (Fsp3) is 0.214. The third-order valence-corrected chi connectivity index (χ3v) is 6.82. The molecule has 12 heteroatoms. The smallest absolute Gasteiger partial charge is 0.284 e. The molecule has 2 aromatic carbocycles. The highest BCUT2D eigenvalue weighted by Gasteiger charge is 2.28. The van der Waals surface area contributed by atoms with Gasteiger partial charge in [0.2, 0.25) is 0 Å². The molecule has 0 saturated heterocycles. The van der Waals surface area contributed by atoms with E-state index in [0.29, 0.717) is 41.1 Å². The summed E-state index contributed by atoms with van der Waals surface area (Å²) in [5.74, 6) is -1.11. The fourth-order valence-corrected chi connectivity index (χ4v) is 5.12. The number of nitrogens with one attached hydrogen (secondary N) is 1. The first-order valence-corrected chi connectivity index (χ1v) is 12.7. The summed E-state index contributed by atoms with van der Waals surface area (Å²) >= 11 is 0. The van der Waals surface area contributed by atoms with E-state index in [2.05, 4.69) is 15.3 Å². The van der Waals surface area contributed by atoms with Crippen molar-refractivity contribution >= 4 is 28.4 Å². The highest BCUT2D eigenvalue weighted by atomic mass is 19.1. The Labute approximate surface area is 227 Å². The molecule has 1 aliphatic rings. The van der Waals surface area contributed by atoms with Crippen LogP contribution in [0.15, 0.2) is 65.8 Å². The van der Waals surface area contributed by atoms with Crippen molar-refractivity contribution in [2.45, 2.75) is 32.7 Å². The molecule has 11 nitrogen and oxygen atoms in total. The van der Waals surface area contributed by atoms with Gasteiger partial charge in [0.05, 0.1) is 42.6 Å². The van der Waals surface area contributed by atoms with E-state index in [9.17, 15) is 14.7 Å². The number of anilines is 2. The lowest BCUT2D eigenvalue weighted by Crippen LogP contribution is -2.26. The highest BCUT2D eigenvalue weighted by Crippen LogP contribution is 2.35. The quantitative estimate of drug-likeness (QED) is 0.299. The summed E-state index contributed by atoms with van der Waals surface area (Å²) in [6.45, 7) is 2.79. The van der Waals surface area contributed by atoms with Gasteiger partial charge in [-0.1, -0.05) is 18.2 Å². The van der Waals surface area contributed by atoms with Crippen LogP contribution in [0.25, 0.3) is 27.8 Å². The molecular weight excluding hydrogens is 517 g/mol. The van der Waals surface area contributed by atoms with Crippen LogP contribution in [0.5, 0.6) is 0 Å². The number of rotatable bonds is 6. The lowest BCUT2D eigenvalue weighted by Gasteiger charge is -2.19. The zero-order valence-electron chi connectivity index (χ0n) is 21.5. The van der Waals surface area contributed by atoms with Crippen LogP contribution in [0.4, 0.5) is 15.9 Å². The molecule has 4 N–H and O–H groups in total. The predicted octanol–water partition coefficient (Wildman–Crippen LogP) is 2.94. The van der Waals surface area contributed by atoms with E-state index < -0.39 is 23.4 Å². The van der Waals surface area contributed by atoms with Gasteiger partial charge in [-0.05, 0) is 37.3 Å². The second-order valence-electron chi connectivity index (χ2n) is 9.60. The number of carbonyl (C=O) groups excluding carboxylic acids is 1. The van der Waals surface area contributed by atoms with E-state index in [1.807, 2.05) is 18.2 Å². The predicted molar refractivity (Wildman–Crippen MR) is 147 cm³/mol. The number of nitrogen functional groups attached to an aromatic ring is 1. The summed E-state index contributed by atoms with van der Waals surface area (Å²) in [7, 11) is 0. The van der Waals surface area contributed by atoms with Gasteiger partial charge in [-0.2, -0.15) is 0 Å². The number of para-hydroxylation sites is 1. The zero-order chi connectivity index (χ0) is 28.0. The molecule has 4 heterocycles. The first-order valence-electron chi connectivity index (χ1n) is 12.7. The number of ether oxygens (including phenoxy) is 1. The standard InChI is InChI=1S/C28H26FN7O4/c1-16(37)12-34-13-20(23-25(30)31-15-32-26(23)34)19-8-7-17(11-21(19)29)33-27(38)24-22-14-40-10-9-35(22)36(28(24)39)18-5-3-2-4-6-18/h2-8,11,13,15-16,37H,9-10,12,14H2,1H3,(H,33,38)(H2,30,31,32). The Morgan fingerprint density at radius 3 is 2.75 bits per heavy atom. The largest absolute Gasteiger partial charge is 0.392 e. The summed E-state index contributed by atoms with van der Waals surface area (Å²) in [6.07, 6.45) is 2.31. The molecule has 3 aromatic heterocycles. The van der Waals surface area contributed by atoms with E-state index in [1.54, 1.807) is 40.6 Å². The van der Waals surface area contributed by atoms with Gasteiger partial charge in [-0.25, -0.2) is 19.0 Å². The van der Waals surface area contributed by atoms with Crippen molar-refractivity contribution < 1.29 is 19.0 Å². The Hall–Kier alpha value is -4.81. The third kappa shape index (κ3) is 4.32. The van der Waals surface area contributed by atoms with Gasteiger partial charge in [0.25, 0.3) is 11.5 Å². The van der Waals surface area contributed by atoms with Gasteiger partial charge in [-0.3, -0.25) is 14.3 Å². The molecule has 204 valence electrons. The van der Waals surface area contributed by atoms with Crippen LogP contribution in [0.2, 0.25) is 0 Å². The number of fused-ring (bicyclic) bond motifs is 2. The van der Waals surface area contributed by atoms with Gasteiger partial charge in [0.15, 0.2) is 0 Å². The molecule has 1 aliphatic heterocycles. The molecule has 0 fully saturated rings. The number of aliphatic hydroxyl groups excluding tert-OH is 1. The summed E-state index contributed by atoms with van der Waals surface area (Å²) in [4.78, 5) is 35.1. The lowest BCUT2D eigenvalue weighted by molar-refractivity contribution is 0.0756. The summed E-state index contributed by atoms with van der Waals surface area (Å²) in [5.41, 5.74) is 7.96. The Kier molecular flexibility index (Phi) is 6.40. The second-order valence-corrected chi connectivity index (χ2v) is 9.60. The molecule has 1 amide bonds. The number of nitrogens with zero attached hydrogens (tertiary/aromatic N) is 5. The van der Waals surface area contributed by atoms with Gasteiger partial charge in [0.1, 0.15) is 29.2 Å². The van der Waals surface area contributed by atoms with Crippen molar-refractivity contribution in [3.8, 4) is 16.8 Å². The van der Waals surface area contributed by atoms with Crippen molar-refractivity contribution in [3.05, 3.63) is 88.5 Å². The average molecular weight is 544 g/mol. The molecule has 6 rings (SSSR count). The van der Waals surface area contributed by atoms with Crippen LogP contribution in [-0.4, -0.2) is 47.6 Å². The fourth-order valence-electron chi connectivity index (χ4n) is 5.12. The van der Waals surface area contributed by atoms with Crippen LogP contribution in [0.3, 0.4) is 0 Å². The molecule has 40 heavy (non-hydrogen) atoms. The Balaban J connectivity index is 1.35. The second kappa shape index (κ2) is 10.1. The van der Waals surface area contributed by atoms with Gasteiger partial charge >= 0.3 is 0 Å². The SMILES string of the molecule is CC(O)Cn1cc(-c2ccc(NC(=O)c3c4n(n(-c5ccccc5)c3=O)CCOC4)cc2F)c2c(N)ncnc21. The summed E-state index contributed by atoms with van der Waals surface area (Å²) < 4.78 is 26.0. The number of aromatic nitrogens is 5. The molecule has 1 atom stereocenters. The minimum Gasteiger partial charge on any atom is -0.392 e. The van der Waals surface area contributed by atoms with Crippen molar-refractivity contribution in [2.24, 2.45) is 0 Å². The lowest BCUT2D eigenvalue weighted by atomic mass is 10.0. The number of halogens is 1. The van der Waals surface area contributed by atoms with Crippen molar-refractivity contribution in [1.29, 1.82) is 0 Å². The first-order chi connectivity index (χ1) is 19.3. The monoisotopic (exact) mass is 543 g/mol. The maximum Gasteiger partial charge on any atom is 0.284 e. The van der Waals surface area contributed by atoms with Gasteiger partial charge < -0.3 is 25.5 Å². The van der Waals surface area contributed by atoms with Crippen LogP contribution < -0.4 is 16.6 Å². The molecule has 0 radical (unpaired) electrons. The van der Waals surface area contributed by atoms with Crippen LogP contribution in [0, 0.1) is 5.82 Å². The first kappa shape index (κ1) is 25.5.